The summed E-state index contributed by atoms with van der Waals surface area (Å²) in [5.41, 5.74) is 2.88. The van der Waals surface area contributed by atoms with Gasteiger partial charge in [-0.2, -0.15) is 0 Å². The lowest BCUT2D eigenvalue weighted by molar-refractivity contribution is 0.415. The van der Waals surface area contributed by atoms with E-state index in [1.165, 1.54) is 0 Å². The Labute approximate surface area is 133 Å². The molecule has 0 fully saturated rings. The fourth-order valence-corrected chi connectivity index (χ4v) is 2.71. The number of hydrogen-bond donors (Lipinski definition) is 0. The van der Waals surface area contributed by atoms with Crippen LogP contribution in [0.2, 0.25) is 5.02 Å². The highest BCUT2D eigenvalue weighted by atomic mass is 35.5. The Kier molecular flexibility index (Phi) is 3.90. The summed E-state index contributed by atoms with van der Waals surface area (Å²) in [7, 11) is 1.64. The van der Waals surface area contributed by atoms with E-state index in [2.05, 4.69) is 0 Å². The van der Waals surface area contributed by atoms with Crippen LogP contribution in [0.5, 0.6) is 5.75 Å². The average molecular weight is 314 g/mol. The molecule has 112 valence electrons. The van der Waals surface area contributed by atoms with Gasteiger partial charge in [-0.15, -0.1) is 0 Å². The van der Waals surface area contributed by atoms with Gasteiger partial charge in [-0.05, 0) is 48.4 Å². The van der Waals surface area contributed by atoms with Gasteiger partial charge >= 0.3 is 0 Å². The van der Waals surface area contributed by atoms with Gasteiger partial charge in [0.2, 0.25) is 0 Å². The Morgan fingerprint density at radius 1 is 1.09 bits per heavy atom. The second-order valence-electron chi connectivity index (χ2n) is 5.26. The molecule has 0 aliphatic carbocycles. The van der Waals surface area contributed by atoms with Crippen molar-refractivity contribution in [3.8, 4) is 5.75 Å². The predicted molar refractivity (Wildman–Crippen MR) is 90.1 cm³/mol. The number of fused-ring (bicyclic) bond motifs is 1. The Bertz CT molecular complexity index is 882. The first-order valence-corrected chi connectivity index (χ1v) is 7.39. The molecule has 1 heterocycles. The number of methoxy groups -OCH3 is 1. The van der Waals surface area contributed by atoms with Gasteiger partial charge in [0, 0.05) is 16.5 Å². The van der Waals surface area contributed by atoms with Crippen LogP contribution in [0.3, 0.4) is 0 Å². The Morgan fingerprint density at radius 2 is 1.82 bits per heavy atom. The maximum atomic E-state index is 12.4. The van der Waals surface area contributed by atoms with Gasteiger partial charge in [0.1, 0.15) is 5.75 Å². The first kappa shape index (κ1) is 14.7. The quantitative estimate of drug-likeness (QED) is 0.731. The smallest absolute Gasteiger partial charge is 0.251 e. The fourth-order valence-electron chi connectivity index (χ4n) is 2.59. The maximum Gasteiger partial charge on any atom is 0.251 e. The number of aryl methyl sites for hydroxylation is 1. The van der Waals surface area contributed by atoms with Gasteiger partial charge in [0.05, 0.1) is 19.2 Å². The fraction of sp³-hybridized carbons (Fsp3) is 0.167. The van der Waals surface area contributed by atoms with Gasteiger partial charge in [0.25, 0.3) is 5.56 Å². The summed E-state index contributed by atoms with van der Waals surface area (Å²) in [5.74, 6) is 0.785. The lowest BCUT2D eigenvalue weighted by atomic mass is 10.1. The van der Waals surface area contributed by atoms with E-state index in [9.17, 15) is 4.79 Å². The molecule has 3 nitrogen and oxygen atoms in total. The summed E-state index contributed by atoms with van der Waals surface area (Å²) in [4.78, 5) is 12.4. The monoisotopic (exact) mass is 313 g/mol. The minimum absolute atomic E-state index is 0.00915. The van der Waals surface area contributed by atoms with Gasteiger partial charge in [-0.1, -0.05) is 23.7 Å². The number of nitrogens with zero attached hydrogens (tertiary/aromatic N) is 1. The number of rotatable bonds is 3. The third kappa shape index (κ3) is 2.72. The zero-order chi connectivity index (χ0) is 15.7. The van der Waals surface area contributed by atoms with Crippen LogP contribution in [0, 0.1) is 6.92 Å². The van der Waals surface area contributed by atoms with Crippen LogP contribution < -0.4 is 10.3 Å². The number of hydrogen-bond acceptors (Lipinski definition) is 2. The molecule has 0 bridgehead atoms. The second-order valence-corrected chi connectivity index (χ2v) is 5.70. The Morgan fingerprint density at radius 3 is 2.50 bits per heavy atom. The van der Waals surface area contributed by atoms with Crippen molar-refractivity contribution in [1.82, 2.24) is 4.57 Å². The van der Waals surface area contributed by atoms with E-state index in [1.54, 1.807) is 17.7 Å². The van der Waals surface area contributed by atoms with Gasteiger partial charge in [-0.3, -0.25) is 4.79 Å². The van der Waals surface area contributed by atoms with Crippen LogP contribution >= 0.6 is 11.6 Å². The van der Waals surface area contributed by atoms with Crippen LogP contribution in [0.1, 0.15) is 11.1 Å². The van der Waals surface area contributed by atoms with Crippen LogP contribution in [-0.2, 0) is 6.54 Å². The summed E-state index contributed by atoms with van der Waals surface area (Å²) in [6.07, 6.45) is 0. The van der Waals surface area contributed by atoms with Crippen LogP contribution in [0.4, 0.5) is 0 Å². The molecule has 4 heteroatoms. The van der Waals surface area contributed by atoms with Crippen LogP contribution in [-0.4, -0.2) is 11.7 Å². The Hall–Kier alpha value is -2.26. The highest BCUT2D eigenvalue weighted by Gasteiger charge is 2.08. The molecule has 0 saturated heterocycles. The highest BCUT2D eigenvalue weighted by Crippen LogP contribution is 2.23. The number of aromatic nitrogens is 1. The first-order valence-electron chi connectivity index (χ1n) is 7.01. The van der Waals surface area contributed by atoms with E-state index in [0.717, 1.165) is 27.8 Å². The molecular formula is C18H16ClNO2. The van der Waals surface area contributed by atoms with Gasteiger partial charge < -0.3 is 9.30 Å². The molecule has 0 atom stereocenters. The van der Waals surface area contributed by atoms with Crippen LogP contribution in [0.25, 0.3) is 10.9 Å². The molecule has 0 unspecified atom stereocenters. The first-order chi connectivity index (χ1) is 10.6. The van der Waals surface area contributed by atoms with Crippen molar-refractivity contribution in [3.05, 3.63) is 75.0 Å². The van der Waals surface area contributed by atoms with Crippen molar-refractivity contribution in [2.75, 3.05) is 7.11 Å². The lowest BCUT2D eigenvalue weighted by Gasteiger charge is -2.13. The molecule has 0 aliphatic heterocycles. The molecule has 0 saturated carbocycles. The van der Waals surface area contributed by atoms with Crippen molar-refractivity contribution < 1.29 is 4.74 Å². The third-order valence-electron chi connectivity index (χ3n) is 3.78. The van der Waals surface area contributed by atoms with E-state index in [0.29, 0.717) is 11.6 Å². The molecule has 0 aliphatic rings. The standard InChI is InChI=1S/C18H16ClNO2/c1-12-9-18(21)20(11-13-3-5-14(19)6-4-13)17-8-7-15(22-2)10-16(12)17/h3-10H,11H2,1-2H3. The number of benzene rings is 2. The topological polar surface area (TPSA) is 31.2 Å². The molecule has 22 heavy (non-hydrogen) atoms. The molecule has 3 rings (SSSR count). The minimum atomic E-state index is -0.00915. The molecule has 2 aromatic carbocycles. The lowest BCUT2D eigenvalue weighted by Crippen LogP contribution is -2.20. The molecule has 3 aromatic rings. The molecule has 0 N–H and O–H groups in total. The largest absolute Gasteiger partial charge is 0.497 e. The molecular weight excluding hydrogens is 298 g/mol. The Balaban J connectivity index is 2.16. The van der Waals surface area contributed by atoms with Gasteiger partial charge in [0.15, 0.2) is 0 Å². The summed E-state index contributed by atoms with van der Waals surface area (Å²) in [6.45, 7) is 2.45. The van der Waals surface area contributed by atoms with E-state index in [1.807, 2.05) is 49.4 Å². The van der Waals surface area contributed by atoms with E-state index < -0.39 is 0 Å². The highest BCUT2D eigenvalue weighted by molar-refractivity contribution is 6.30. The maximum absolute atomic E-state index is 12.4. The minimum Gasteiger partial charge on any atom is -0.497 e. The van der Waals surface area contributed by atoms with E-state index in [4.69, 9.17) is 16.3 Å². The normalized spacial score (nSPS) is 10.9. The zero-order valence-electron chi connectivity index (χ0n) is 12.5. The van der Waals surface area contributed by atoms with E-state index >= 15 is 0 Å². The number of ether oxygens (including phenoxy) is 1. The average Bonchev–Trinajstić information content (AvgIpc) is 2.52. The molecule has 0 amide bonds. The number of pyridine rings is 1. The van der Waals surface area contributed by atoms with Crippen LogP contribution in [0.15, 0.2) is 53.3 Å². The SMILES string of the molecule is COc1ccc2c(c1)c(C)cc(=O)n2Cc1ccc(Cl)cc1. The molecule has 1 aromatic heterocycles. The molecule has 0 radical (unpaired) electrons. The molecule has 0 spiro atoms. The van der Waals surface area contributed by atoms with Gasteiger partial charge in [-0.25, -0.2) is 0 Å². The van der Waals surface area contributed by atoms with Crippen molar-refractivity contribution >= 4 is 22.5 Å². The van der Waals surface area contributed by atoms with Crippen molar-refractivity contribution in [3.63, 3.8) is 0 Å². The summed E-state index contributed by atoms with van der Waals surface area (Å²) in [5, 5.41) is 1.71. The van der Waals surface area contributed by atoms with Crippen molar-refractivity contribution in [1.29, 1.82) is 0 Å². The summed E-state index contributed by atoms with van der Waals surface area (Å²) in [6, 6.07) is 15.0. The number of halogens is 1. The summed E-state index contributed by atoms with van der Waals surface area (Å²) >= 11 is 5.91. The van der Waals surface area contributed by atoms with E-state index in [-0.39, 0.29) is 5.56 Å². The predicted octanol–water partition coefficient (Wildman–Crippen LogP) is 4.02. The van der Waals surface area contributed by atoms with Crippen molar-refractivity contribution in [2.45, 2.75) is 13.5 Å². The van der Waals surface area contributed by atoms with Crippen molar-refractivity contribution in [2.24, 2.45) is 0 Å². The zero-order valence-corrected chi connectivity index (χ0v) is 13.2. The second kappa shape index (κ2) is 5.85. The summed E-state index contributed by atoms with van der Waals surface area (Å²) < 4.78 is 7.05. The third-order valence-corrected chi connectivity index (χ3v) is 4.03.